The van der Waals surface area contributed by atoms with Crippen LogP contribution < -0.4 is 5.32 Å². The van der Waals surface area contributed by atoms with Crippen molar-refractivity contribution in [1.82, 2.24) is 5.32 Å². The van der Waals surface area contributed by atoms with Crippen LogP contribution in [0.3, 0.4) is 0 Å². The van der Waals surface area contributed by atoms with Crippen LogP contribution in [0.15, 0.2) is 29.3 Å². The minimum absolute atomic E-state index is 0.605. The van der Waals surface area contributed by atoms with E-state index in [2.05, 4.69) is 10.3 Å². The summed E-state index contributed by atoms with van der Waals surface area (Å²) < 4.78 is 0. The van der Waals surface area contributed by atoms with Crippen molar-refractivity contribution in [2.24, 2.45) is 4.99 Å². The molecule has 1 aliphatic heterocycles. The van der Waals surface area contributed by atoms with Gasteiger partial charge in [0, 0.05) is 6.54 Å². The number of carbonyl (C=O) groups excluding carboxylic acids is 1. The standard InChI is InChI=1S/C12H14N2O/c15-9-14-12-5-3-10(4-6-12)11-2-1-7-13-8-11/h3-6,11,13H,1-2,7-8H2. The molecule has 1 saturated heterocycles. The molecule has 0 aromatic heterocycles. The van der Waals surface area contributed by atoms with E-state index in [0.717, 1.165) is 13.1 Å². The molecule has 2 rings (SSSR count). The first-order valence-electron chi connectivity index (χ1n) is 5.28. The molecule has 1 aliphatic rings. The lowest BCUT2D eigenvalue weighted by atomic mass is 9.92. The van der Waals surface area contributed by atoms with E-state index in [1.807, 2.05) is 24.3 Å². The lowest BCUT2D eigenvalue weighted by Gasteiger charge is -2.22. The van der Waals surface area contributed by atoms with Crippen molar-refractivity contribution in [2.75, 3.05) is 13.1 Å². The van der Waals surface area contributed by atoms with E-state index < -0.39 is 0 Å². The van der Waals surface area contributed by atoms with Gasteiger partial charge in [-0.3, -0.25) is 0 Å². The zero-order valence-electron chi connectivity index (χ0n) is 8.57. The van der Waals surface area contributed by atoms with E-state index in [9.17, 15) is 4.79 Å². The molecule has 1 atom stereocenters. The highest BCUT2D eigenvalue weighted by Crippen LogP contribution is 2.24. The predicted molar refractivity (Wildman–Crippen MR) is 59.1 cm³/mol. The highest BCUT2D eigenvalue weighted by molar-refractivity contribution is 5.49. The van der Waals surface area contributed by atoms with Crippen LogP contribution in [-0.2, 0) is 4.79 Å². The second-order valence-corrected chi connectivity index (χ2v) is 3.84. The van der Waals surface area contributed by atoms with Gasteiger partial charge < -0.3 is 5.32 Å². The molecular weight excluding hydrogens is 188 g/mol. The molecule has 3 heteroatoms. The van der Waals surface area contributed by atoms with Gasteiger partial charge in [-0.05, 0) is 43.0 Å². The molecule has 1 unspecified atom stereocenters. The van der Waals surface area contributed by atoms with Crippen LogP contribution in [0.25, 0.3) is 0 Å². The van der Waals surface area contributed by atoms with E-state index in [0.29, 0.717) is 11.6 Å². The molecule has 1 fully saturated rings. The Morgan fingerprint density at radius 3 is 2.73 bits per heavy atom. The number of hydrogen-bond donors (Lipinski definition) is 1. The summed E-state index contributed by atoms with van der Waals surface area (Å²) in [6.45, 7) is 2.18. The summed E-state index contributed by atoms with van der Waals surface area (Å²) in [5.74, 6) is 0.605. The Hall–Kier alpha value is -1.44. The molecule has 0 amide bonds. The number of isocyanates is 1. The number of piperidine rings is 1. The number of hydrogen-bond acceptors (Lipinski definition) is 3. The first-order valence-corrected chi connectivity index (χ1v) is 5.28. The maximum atomic E-state index is 10.1. The van der Waals surface area contributed by atoms with Gasteiger partial charge in [0.15, 0.2) is 0 Å². The first kappa shape index (κ1) is 10.1. The summed E-state index contributed by atoms with van der Waals surface area (Å²) in [7, 11) is 0. The number of rotatable bonds is 2. The maximum Gasteiger partial charge on any atom is 0.240 e. The van der Waals surface area contributed by atoms with Crippen LogP contribution >= 0.6 is 0 Å². The van der Waals surface area contributed by atoms with E-state index in [1.165, 1.54) is 18.4 Å². The van der Waals surface area contributed by atoms with Gasteiger partial charge in [0.05, 0.1) is 5.69 Å². The number of benzene rings is 1. The highest BCUT2D eigenvalue weighted by atomic mass is 16.1. The number of aliphatic imine (C=N–C) groups is 1. The zero-order chi connectivity index (χ0) is 10.5. The fourth-order valence-corrected chi connectivity index (χ4v) is 2.01. The van der Waals surface area contributed by atoms with E-state index in [-0.39, 0.29) is 0 Å². The molecule has 1 heterocycles. The molecule has 15 heavy (non-hydrogen) atoms. The van der Waals surface area contributed by atoms with Crippen LogP contribution in [-0.4, -0.2) is 19.2 Å². The monoisotopic (exact) mass is 202 g/mol. The van der Waals surface area contributed by atoms with Gasteiger partial charge in [-0.2, -0.15) is 4.99 Å². The normalized spacial score (nSPS) is 20.7. The van der Waals surface area contributed by atoms with Gasteiger partial charge in [-0.25, -0.2) is 4.79 Å². The average Bonchev–Trinajstić information content (AvgIpc) is 2.32. The Balaban J connectivity index is 2.11. The zero-order valence-corrected chi connectivity index (χ0v) is 8.57. The molecule has 0 saturated carbocycles. The topological polar surface area (TPSA) is 41.5 Å². The fourth-order valence-electron chi connectivity index (χ4n) is 2.01. The minimum atomic E-state index is 0.605. The van der Waals surface area contributed by atoms with Crippen LogP contribution in [0.1, 0.15) is 24.3 Å². The Bertz CT molecular complexity index is 360. The summed E-state index contributed by atoms with van der Waals surface area (Å²) in [5.41, 5.74) is 2.00. The predicted octanol–water partition coefficient (Wildman–Crippen LogP) is 2.12. The second kappa shape index (κ2) is 4.87. The molecule has 78 valence electrons. The van der Waals surface area contributed by atoms with Crippen molar-refractivity contribution >= 4 is 11.8 Å². The minimum Gasteiger partial charge on any atom is -0.316 e. The van der Waals surface area contributed by atoms with Crippen molar-refractivity contribution in [1.29, 1.82) is 0 Å². The molecule has 0 bridgehead atoms. The third kappa shape index (κ3) is 2.52. The summed E-state index contributed by atoms with van der Waals surface area (Å²) in [5, 5.41) is 3.39. The van der Waals surface area contributed by atoms with Crippen molar-refractivity contribution in [3.05, 3.63) is 29.8 Å². The quantitative estimate of drug-likeness (QED) is 0.589. The Morgan fingerprint density at radius 2 is 2.13 bits per heavy atom. The molecule has 0 aliphatic carbocycles. The van der Waals surface area contributed by atoms with Crippen LogP contribution in [0.4, 0.5) is 5.69 Å². The molecule has 1 N–H and O–H groups in total. The second-order valence-electron chi connectivity index (χ2n) is 3.84. The summed E-state index contributed by atoms with van der Waals surface area (Å²) >= 11 is 0. The first-order chi connectivity index (χ1) is 7.40. The SMILES string of the molecule is O=C=Nc1ccc(C2CCCNC2)cc1. The Labute approximate surface area is 89.2 Å². The average molecular weight is 202 g/mol. The summed E-state index contributed by atoms with van der Waals surface area (Å²) in [4.78, 5) is 13.6. The smallest absolute Gasteiger partial charge is 0.240 e. The fraction of sp³-hybridized carbons (Fsp3) is 0.417. The third-order valence-corrected chi connectivity index (χ3v) is 2.84. The molecule has 0 radical (unpaired) electrons. The van der Waals surface area contributed by atoms with Gasteiger partial charge in [0.25, 0.3) is 0 Å². The van der Waals surface area contributed by atoms with Gasteiger partial charge >= 0.3 is 0 Å². The van der Waals surface area contributed by atoms with Gasteiger partial charge in [-0.15, -0.1) is 0 Å². The van der Waals surface area contributed by atoms with Crippen LogP contribution in [0.5, 0.6) is 0 Å². The van der Waals surface area contributed by atoms with Crippen molar-refractivity contribution < 1.29 is 4.79 Å². The third-order valence-electron chi connectivity index (χ3n) is 2.84. The van der Waals surface area contributed by atoms with Crippen LogP contribution in [0.2, 0.25) is 0 Å². The van der Waals surface area contributed by atoms with E-state index >= 15 is 0 Å². The van der Waals surface area contributed by atoms with Crippen molar-refractivity contribution in [2.45, 2.75) is 18.8 Å². The lowest BCUT2D eigenvalue weighted by Crippen LogP contribution is -2.28. The Morgan fingerprint density at radius 1 is 1.33 bits per heavy atom. The highest BCUT2D eigenvalue weighted by Gasteiger charge is 2.14. The summed E-state index contributed by atoms with van der Waals surface area (Å²) in [6, 6.07) is 7.84. The lowest BCUT2D eigenvalue weighted by molar-refractivity contribution is 0.461. The maximum absolute atomic E-state index is 10.1. The molecule has 1 aromatic rings. The largest absolute Gasteiger partial charge is 0.316 e. The van der Waals surface area contributed by atoms with Crippen LogP contribution in [0, 0.1) is 0 Å². The molecule has 0 spiro atoms. The van der Waals surface area contributed by atoms with Gasteiger partial charge in [0.2, 0.25) is 6.08 Å². The van der Waals surface area contributed by atoms with Gasteiger partial charge in [-0.1, -0.05) is 12.1 Å². The molecule has 1 aromatic carbocycles. The van der Waals surface area contributed by atoms with E-state index in [1.54, 1.807) is 6.08 Å². The number of nitrogens with zero attached hydrogens (tertiary/aromatic N) is 1. The molecule has 3 nitrogen and oxygen atoms in total. The van der Waals surface area contributed by atoms with Crippen molar-refractivity contribution in [3.63, 3.8) is 0 Å². The van der Waals surface area contributed by atoms with Crippen molar-refractivity contribution in [3.8, 4) is 0 Å². The Kier molecular flexibility index (Phi) is 3.28. The summed E-state index contributed by atoms with van der Waals surface area (Å²) in [6.07, 6.45) is 4.02. The molecular formula is C12H14N2O. The van der Waals surface area contributed by atoms with Gasteiger partial charge in [0.1, 0.15) is 0 Å². The number of nitrogens with one attached hydrogen (secondary N) is 1. The van der Waals surface area contributed by atoms with E-state index in [4.69, 9.17) is 0 Å².